The van der Waals surface area contributed by atoms with Gasteiger partial charge in [-0.25, -0.2) is 8.42 Å². The number of carbonyl (C=O) groups excluding carboxylic acids is 4. The Balaban J connectivity index is 1.05. The van der Waals surface area contributed by atoms with E-state index in [1.54, 1.807) is 31.7 Å². The number of hydrogen-bond donors (Lipinski definition) is 9. The summed E-state index contributed by atoms with van der Waals surface area (Å²) in [5.74, 6) is -8.41. The Bertz CT molecular complexity index is 2980. The number of amides is 3. The number of sulfonamides is 1. The molecule has 2 aromatic carbocycles. The fourth-order valence-electron chi connectivity index (χ4n) is 9.83. The highest BCUT2D eigenvalue weighted by Gasteiger charge is 2.30. The molecule has 2 aliphatic rings. The van der Waals surface area contributed by atoms with E-state index >= 15 is 0 Å². The normalized spacial score (nSPS) is 15.9. The monoisotopic (exact) mass is 1220 g/mol. The minimum atomic E-state index is -4.80. The lowest BCUT2D eigenvalue weighted by molar-refractivity contribution is -0.140. The summed E-state index contributed by atoms with van der Waals surface area (Å²) >= 11 is 0. The Morgan fingerprint density at radius 1 is 0.643 bits per heavy atom. The maximum absolute atomic E-state index is 13.6. The van der Waals surface area contributed by atoms with Gasteiger partial charge >= 0.3 is 23.9 Å². The van der Waals surface area contributed by atoms with Crippen LogP contribution in [0.25, 0.3) is 0 Å². The number of ether oxygens (including phenoxy) is 1. The molecule has 1 aliphatic carbocycles. The molecule has 462 valence electrons. The Kier molecular flexibility index (Phi) is 26.6. The lowest BCUT2D eigenvalue weighted by Gasteiger charge is -2.33. The first-order valence-electron chi connectivity index (χ1n) is 27.7. The van der Waals surface area contributed by atoms with Crippen LogP contribution in [-0.4, -0.2) is 230 Å². The number of aromatic nitrogens is 1. The average Bonchev–Trinajstić information content (AvgIpc) is 3.35. The zero-order valence-corrected chi connectivity index (χ0v) is 48.9. The molecule has 2 heterocycles. The summed E-state index contributed by atoms with van der Waals surface area (Å²) in [6, 6.07) is 10.6. The second-order valence-electron chi connectivity index (χ2n) is 20.9. The summed E-state index contributed by atoms with van der Waals surface area (Å²) in [4.78, 5) is 110. The van der Waals surface area contributed by atoms with Crippen molar-refractivity contribution < 1.29 is 84.9 Å². The van der Waals surface area contributed by atoms with Crippen molar-refractivity contribution in [2.24, 2.45) is 0 Å². The smallest absolute Gasteiger partial charge is 0.323 e. The van der Waals surface area contributed by atoms with Crippen LogP contribution in [0.4, 0.5) is 0 Å². The van der Waals surface area contributed by atoms with Gasteiger partial charge in [-0.05, 0) is 118 Å². The lowest BCUT2D eigenvalue weighted by Crippen LogP contribution is -2.52. The number of pyridine rings is 1. The van der Waals surface area contributed by atoms with Gasteiger partial charge in [0.25, 0.3) is 16.0 Å². The van der Waals surface area contributed by atoms with E-state index in [-0.39, 0.29) is 125 Å². The minimum absolute atomic E-state index is 0.0161. The molecular weight excluding hydrogens is 1140 g/mol. The van der Waals surface area contributed by atoms with Gasteiger partial charge in [-0.15, -0.1) is 0 Å². The number of rotatable bonds is 31. The SMILES string of the molecule is Cc1cc(OCCCC(=O)NCCCC(=O)[C@H](CS(=O)(=O)O)NC(=O)CN2CCN(CC(=O)O)CCN(CC(=O)O)CCN(CC(=O)O)CC2)cc(C)c1S(=O)(=O)NC(CNC(=O)c1ccc(CCc2ccc3c(n2)CCCC3)cc1)C(=O)O. The number of carboxylic acid groups (broad SMARTS) is 4. The number of nitrogens with zero attached hydrogens (tertiary/aromatic N) is 5. The van der Waals surface area contributed by atoms with Crippen LogP contribution in [0.3, 0.4) is 0 Å². The number of nitrogens with one attached hydrogen (secondary N) is 4. The Labute approximate surface area is 488 Å². The van der Waals surface area contributed by atoms with Gasteiger partial charge in [0, 0.05) is 95.2 Å². The van der Waals surface area contributed by atoms with Crippen molar-refractivity contribution in [2.45, 2.75) is 95.0 Å². The first-order valence-corrected chi connectivity index (χ1v) is 30.8. The van der Waals surface area contributed by atoms with Crippen molar-refractivity contribution in [1.29, 1.82) is 0 Å². The van der Waals surface area contributed by atoms with E-state index in [2.05, 4.69) is 32.8 Å². The molecule has 1 saturated heterocycles. The molecule has 3 aromatic rings. The minimum Gasteiger partial charge on any atom is -0.494 e. The molecule has 0 bridgehead atoms. The molecule has 84 heavy (non-hydrogen) atoms. The van der Waals surface area contributed by atoms with Gasteiger partial charge in [0.1, 0.15) is 23.6 Å². The van der Waals surface area contributed by atoms with Crippen LogP contribution >= 0.6 is 0 Å². The average molecular weight is 1220 g/mol. The van der Waals surface area contributed by atoms with Gasteiger partial charge in [-0.2, -0.15) is 13.1 Å². The number of fused-ring (bicyclic) bond motifs is 1. The second-order valence-corrected chi connectivity index (χ2v) is 24.1. The lowest BCUT2D eigenvalue weighted by atomic mass is 9.95. The van der Waals surface area contributed by atoms with E-state index in [1.165, 1.54) is 43.7 Å². The molecule has 0 radical (unpaired) electrons. The number of aliphatic carboxylic acids is 4. The highest BCUT2D eigenvalue weighted by molar-refractivity contribution is 7.89. The standard InChI is InChI=1S/C55H77N9O18S2/c1-37-29-43(30-38(2)53(37)84(80,81)60-45(55(75)76)31-57-54(74)41-14-11-39(12-15-41)13-17-42-18-16-40-7-3-4-8-44(40)58-42)82-28-6-10-48(66)56-19-5-9-47(65)46(36-83(77,78)79)59-49(67)32-61-20-22-62(33-50(68)69)24-26-64(35-52(72)73)27-25-63(23-21-61)34-51(70)71/h11-12,14-16,18,29-30,45-46,60H,3-10,13,17,19-28,31-36H2,1-2H3,(H,56,66)(H,57,74)(H,59,67)(H,68,69)(H,70,71)(H,72,73)(H,75,76)(H,77,78,79)/t45?,46-/m0/s1. The predicted octanol–water partition coefficient (Wildman–Crippen LogP) is -0.00356. The number of benzene rings is 2. The quantitative estimate of drug-likeness (QED) is 0.0302. The molecule has 0 spiro atoms. The third-order valence-corrected chi connectivity index (χ3v) is 16.6. The predicted molar refractivity (Wildman–Crippen MR) is 304 cm³/mol. The van der Waals surface area contributed by atoms with Crippen molar-refractivity contribution >= 4 is 67.5 Å². The topological polar surface area (TPSA) is 389 Å². The molecule has 5 rings (SSSR count). The van der Waals surface area contributed by atoms with Crippen LogP contribution in [0, 0.1) is 13.8 Å². The number of hydrogen-bond acceptors (Lipinski definition) is 18. The summed E-state index contributed by atoms with van der Waals surface area (Å²) in [7, 11) is -9.25. The van der Waals surface area contributed by atoms with Gasteiger partial charge in [-0.3, -0.25) is 67.5 Å². The molecule has 1 aliphatic heterocycles. The van der Waals surface area contributed by atoms with Crippen molar-refractivity contribution in [1.82, 2.24) is 45.3 Å². The molecule has 0 saturated carbocycles. The fourth-order valence-corrected chi connectivity index (χ4v) is 12.2. The molecule has 9 N–H and O–H groups in total. The van der Waals surface area contributed by atoms with E-state index in [4.69, 9.17) is 9.72 Å². The van der Waals surface area contributed by atoms with Crippen LogP contribution in [0.2, 0.25) is 0 Å². The van der Waals surface area contributed by atoms with Crippen LogP contribution in [0.15, 0.2) is 53.4 Å². The summed E-state index contributed by atoms with van der Waals surface area (Å²) in [6.45, 7) is 1.71. The fraction of sp³-hybridized carbons (Fsp3) is 0.545. The van der Waals surface area contributed by atoms with Gasteiger partial charge in [-0.1, -0.05) is 18.2 Å². The maximum atomic E-state index is 13.6. The molecule has 3 amide bonds. The second kappa shape index (κ2) is 32.9. The Hall–Kier alpha value is -6.99. The number of Topliss-reactive ketones (excluding diaryl/α,β-unsaturated/α-hetero) is 1. The van der Waals surface area contributed by atoms with E-state index in [0.29, 0.717) is 6.42 Å². The molecule has 1 unspecified atom stereocenters. The maximum Gasteiger partial charge on any atom is 0.323 e. The van der Waals surface area contributed by atoms with Gasteiger partial charge in [0.15, 0.2) is 5.78 Å². The third kappa shape index (κ3) is 23.9. The largest absolute Gasteiger partial charge is 0.494 e. The van der Waals surface area contributed by atoms with E-state index in [1.807, 2.05) is 12.1 Å². The number of aryl methyl sites for hydroxylation is 6. The molecule has 1 fully saturated rings. The van der Waals surface area contributed by atoms with Gasteiger partial charge < -0.3 is 41.1 Å². The molecule has 1 aromatic heterocycles. The zero-order valence-electron chi connectivity index (χ0n) is 47.3. The van der Waals surface area contributed by atoms with Crippen molar-refractivity contribution in [3.63, 3.8) is 0 Å². The van der Waals surface area contributed by atoms with Crippen LogP contribution in [0.1, 0.15) is 82.5 Å². The van der Waals surface area contributed by atoms with E-state index < -0.39 is 112 Å². The summed E-state index contributed by atoms with van der Waals surface area (Å²) in [5, 5.41) is 45.8. The Morgan fingerprint density at radius 2 is 1.19 bits per heavy atom. The zero-order chi connectivity index (χ0) is 61.6. The highest BCUT2D eigenvalue weighted by Crippen LogP contribution is 2.27. The van der Waals surface area contributed by atoms with E-state index in [9.17, 15) is 80.2 Å². The van der Waals surface area contributed by atoms with Crippen molar-refractivity contribution in [3.05, 3.63) is 87.7 Å². The highest BCUT2D eigenvalue weighted by atomic mass is 32.2. The van der Waals surface area contributed by atoms with E-state index in [0.717, 1.165) is 36.9 Å². The molecule has 27 nitrogen and oxygen atoms in total. The molecule has 29 heteroatoms. The Morgan fingerprint density at radius 3 is 1.73 bits per heavy atom. The number of carbonyl (C=O) groups is 8. The summed E-state index contributed by atoms with van der Waals surface area (Å²) < 4.78 is 68.8. The molecule has 2 atom stereocenters. The third-order valence-electron chi connectivity index (χ3n) is 14.1. The van der Waals surface area contributed by atoms with Gasteiger partial charge in [0.05, 0.1) is 37.7 Å². The van der Waals surface area contributed by atoms with Crippen molar-refractivity contribution in [2.75, 3.05) is 104 Å². The van der Waals surface area contributed by atoms with Crippen LogP contribution in [-0.2, 0) is 79.4 Å². The number of carboxylic acids is 4. The number of ketones is 1. The van der Waals surface area contributed by atoms with Crippen molar-refractivity contribution in [3.8, 4) is 5.75 Å². The van der Waals surface area contributed by atoms with Gasteiger partial charge in [0.2, 0.25) is 21.8 Å². The first-order chi connectivity index (χ1) is 39.7. The van der Waals surface area contributed by atoms with Crippen LogP contribution < -0.4 is 25.4 Å². The molecular formula is C55H77N9O18S2. The van der Waals surface area contributed by atoms with Crippen LogP contribution in [0.5, 0.6) is 5.75 Å². The summed E-state index contributed by atoms with van der Waals surface area (Å²) in [6.07, 6.45) is 5.67. The summed E-state index contributed by atoms with van der Waals surface area (Å²) in [5.41, 5.74) is 5.20. The first kappa shape index (κ1) is 67.8.